The monoisotopic (exact) mass is 775 g/mol. The average Bonchev–Trinajstić information content (AvgIpc) is 3.68. The summed E-state index contributed by atoms with van der Waals surface area (Å²) < 4.78 is 2.32. The summed E-state index contributed by atoms with van der Waals surface area (Å²) in [6, 6.07) is 80.4. The van der Waals surface area contributed by atoms with Crippen molar-refractivity contribution in [2.45, 2.75) is 0 Å². The zero-order chi connectivity index (χ0) is 40.3. The molecule has 0 saturated carbocycles. The van der Waals surface area contributed by atoms with Gasteiger partial charge in [-0.3, -0.25) is 0 Å². The highest BCUT2D eigenvalue weighted by Gasteiger charge is 2.22. The number of fused-ring (bicyclic) bond motifs is 9. The van der Waals surface area contributed by atoms with Crippen LogP contribution in [0.4, 0.5) is 0 Å². The second-order valence-corrected chi connectivity index (χ2v) is 15.7. The highest BCUT2D eigenvalue weighted by molar-refractivity contribution is 6.25. The fraction of sp³-hybridized carbons (Fsp3) is 0. The Morgan fingerprint density at radius 2 is 0.721 bits per heavy atom. The van der Waals surface area contributed by atoms with E-state index in [1.165, 1.54) is 49.0 Å². The van der Waals surface area contributed by atoms with Crippen LogP contribution in [0.25, 0.3) is 116 Å². The van der Waals surface area contributed by atoms with E-state index in [1.807, 2.05) is 0 Å². The second-order valence-electron chi connectivity index (χ2n) is 15.7. The number of para-hydroxylation sites is 2. The molecule has 2 aromatic heterocycles. The summed E-state index contributed by atoms with van der Waals surface area (Å²) in [4.78, 5) is 10.9. The fourth-order valence-corrected chi connectivity index (χ4v) is 9.30. The van der Waals surface area contributed by atoms with Crippen LogP contribution in [0.3, 0.4) is 0 Å². The minimum absolute atomic E-state index is 0.690. The van der Waals surface area contributed by atoms with Gasteiger partial charge in [0.05, 0.1) is 16.7 Å². The average molecular weight is 776 g/mol. The maximum atomic E-state index is 5.50. The first-order valence-corrected chi connectivity index (χ1v) is 20.8. The number of benzene rings is 10. The van der Waals surface area contributed by atoms with E-state index in [2.05, 4.69) is 229 Å². The molecule has 284 valence electrons. The van der Waals surface area contributed by atoms with Crippen molar-refractivity contribution in [2.24, 2.45) is 0 Å². The first kappa shape index (κ1) is 34.9. The van der Waals surface area contributed by atoms with E-state index in [0.717, 1.165) is 61.1 Å². The molecule has 0 aliphatic heterocycles. The lowest BCUT2D eigenvalue weighted by Gasteiger charge is -2.14. The Hall–Kier alpha value is -8.14. The number of aromatic nitrogens is 3. The molecule has 3 heteroatoms. The molecular formula is C58H37N3. The van der Waals surface area contributed by atoms with E-state index in [4.69, 9.17) is 9.97 Å². The summed E-state index contributed by atoms with van der Waals surface area (Å²) in [5.74, 6) is 0.690. The van der Waals surface area contributed by atoms with Crippen molar-refractivity contribution >= 4 is 54.3 Å². The lowest BCUT2D eigenvalue weighted by molar-refractivity contribution is 1.15. The summed E-state index contributed by atoms with van der Waals surface area (Å²) in [7, 11) is 0. The zero-order valence-electron chi connectivity index (χ0n) is 33.2. The van der Waals surface area contributed by atoms with Crippen LogP contribution in [0.5, 0.6) is 0 Å². The van der Waals surface area contributed by atoms with E-state index < -0.39 is 0 Å². The molecule has 0 N–H and O–H groups in total. The molecule has 12 aromatic rings. The maximum absolute atomic E-state index is 5.50. The third kappa shape index (κ3) is 5.90. The highest BCUT2D eigenvalue weighted by Crippen LogP contribution is 2.41. The number of hydrogen-bond acceptors (Lipinski definition) is 2. The summed E-state index contributed by atoms with van der Waals surface area (Å²) in [5, 5.41) is 8.76. The van der Waals surface area contributed by atoms with Crippen molar-refractivity contribution in [2.75, 3.05) is 0 Å². The topological polar surface area (TPSA) is 30.7 Å². The first-order chi connectivity index (χ1) is 30.2. The lowest BCUT2D eigenvalue weighted by atomic mass is 9.91. The van der Waals surface area contributed by atoms with Gasteiger partial charge in [0.25, 0.3) is 0 Å². The van der Waals surface area contributed by atoms with Crippen LogP contribution in [-0.4, -0.2) is 14.5 Å². The molecule has 3 nitrogen and oxygen atoms in total. The van der Waals surface area contributed by atoms with Gasteiger partial charge in [-0.1, -0.05) is 182 Å². The Labute approximate surface area is 353 Å². The molecule has 10 aromatic carbocycles. The normalized spacial score (nSPS) is 11.6. The van der Waals surface area contributed by atoms with Crippen LogP contribution in [-0.2, 0) is 0 Å². The molecule has 0 fully saturated rings. The standard InChI is InChI=1S/C58H37N3/c1-3-16-38(17-4-1)39-18-14-22-44(35-39)55-57-56(52-30-11-12-31-54(52)61(57)46-24-5-2-6-25-46)60-58(59-55)45-23-15-21-42(36-45)40-19-13-20-41(34-40)43-32-33-51-49-28-8-7-26-47(49)48-27-9-10-29-50(48)53(51)37-43/h1-37H. The molecule has 2 heterocycles. The van der Waals surface area contributed by atoms with Crippen LogP contribution in [0.1, 0.15) is 0 Å². The van der Waals surface area contributed by atoms with Crippen molar-refractivity contribution in [3.8, 4) is 61.7 Å². The minimum atomic E-state index is 0.690. The first-order valence-electron chi connectivity index (χ1n) is 20.8. The van der Waals surface area contributed by atoms with Crippen molar-refractivity contribution in [1.82, 2.24) is 14.5 Å². The molecule has 0 radical (unpaired) electrons. The van der Waals surface area contributed by atoms with Gasteiger partial charge in [0.1, 0.15) is 5.52 Å². The van der Waals surface area contributed by atoms with Gasteiger partial charge in [0, 0.05) is 22.2 Å². The molecule has 0 spiro atoms. The second kappa shape index (κ2) is 14.3. The van der Waals surface area contributed by atoms with Crippen molar-refractivity contribution < 1.29 is 0 Å². The fourth-order valence-electron chi connectivity index (χ4n) is 9.30. The molecule has 0 aliphatic carbocycles. The predicted octanol–water partition coefficient (Wildman–Crippen LogP) is 15.4. The molecule has 0 bridgehead atoms. The SMILES string of the molecule is c1ccc(-c2cccc(-c3nc(-c4cccc(-c5cccc(-c6ccc7c8ccccc8c8ccccc8c7c6)c5)c4)nc4c5ccccc5n(-c5ccccc5)c34)c2)cc1. The van der Waals surface area contributed by atoms with E-state index in [9.17, 15) is 0 Å². The van der Waals surface area contributed by atoms with E-state index >= 15 is 0 Å². The smallest absolute Gasteiger partial charge is 0.160 e. The van der Waals surface area contributed by atoms with Crippen molar-refractivity contribution in [3.63, 3.8) is 0 Å². The Kier molecular flexibility index (Phi) is 8.17. The van der Waals surface area contributed by atoms with Gasteiger partial charge in [-0.2, -0.15) is 0 Å². The predicted molar refractivity (Wildman–Crippen MR) is 256 cm³/mol. The van der Waals surface area contributed by atoms with Crippen molar-refractivity contribution in [3.05, 3.63) is 224 Å². The van der Waals surface area contributed by atoms with Crippen LogP contribution in [0, 0.1) is 0 Å². The summed E-state index contributed by atoms with van der Waals surface area (Å²) in [6.45, 7) is 0. The van der Waals surface area contributed by atoms with Gasteiger partial charge in [-0.15, -0.1) is 0 Å². The van der Waals surface area contributed by atoms with Gasteiger partial charge in [0.2, 0.25) is 0 Å². The highest BCUT2D eigenvalue weighted by atomic mass is 15.0. The Balaban J connectivity index is 1.01. The van der Waals surface area contributed by atoms with E-state index in [0.29, 0.717) is 5.82 Å². The van der Waals surface area contributed by atoms with Gasteiger partial charge in [-0.25, -0.2) is 9.97 Å². The van der Waals surface area contributed by atoms with Gasteiger partial charge >= 0.3 is 0 Å². The van der Waals surface area contributed by atoms with Gasteiger partial charge < -0.3 is 4.57 Å². The molecule has 0 atom stereocenters. The third-order valence-corrected chi connectivity index (χ3v) is 12.2. The zero-order valence-corrected chi connectivity index (χ0v) is 33.2. The molecule has 0 saturated heterocycles. The van der Waals surface area contributed by atoms with Gasteiger partial charge in [0.15, 0.2) is 5.82 Å². The van der Waals surface area contributed by atoms with Gasteiger partial charge in [-0.05, 0) is 108 Å². The molecule has 0 unspecified atom stereocenters. The molecule has 12 rings (SSSR count). The lowest BCUT2D eigenvalue weighted by Crippen LogP contribution is -2.00. The number of hydrogen-bond donors (Lipinski definition) is 0. The maximum Gasteiger partial charge on any atom is 0.160 e. The van der Waals surface area contributed by atoms with Crippen LogP contribution in [0.15, 0.2) is 224 Å². The van der Waals surface area contributed by atoms with E-state index in [1.54, 1.807) is 0 Å². The Morgan fingerprint density at radius 3 is 1.38 bits per heavy atom. The summed E-state index contributed by atoms with van der Waals surface area (Å²) >= 11 is 0. The largest absolute Gasteiger partial charge is 0.306 e. The van der Waals surface area contributed by atoms with Crippen LogP contribution < -0.4 is 0 Å². The molecule has 0 amide bonds. The summed E-state index contributed by atoms with van der Waals surface area (Å²) in [6.07, 6.45) is 0. The van der Waals surface area contributed by atoms with Crippen LogP contribution in [0.2, 0.25) is 0 Å². The van der Waals surface area contributed by atoms with E-state index in [-0.39, 0.29) is 0 Å². The minimum Gasteiger partial charge on any atom is -0.306 e. The quantitative estimate of drug-likeness (QED) is 0.158. The third-order valence-electron chi connectivity index (χ3n) is 12.2. The molecule has 0 aliphatic rings. The summed E-state index contributed by atoms with van der Waals surface area (Å²) in [5.41, 5.74) is 13.9. The van der Waals surface area contributed by atoms with Crippen molar-refractivity contribution in [1.29, 1.82) is 0 Å². The number of rotatable bonds is 6. The number of nitrogens with zero attached hydrogens (tertiary/aromatic N) is 3. The molecular weight excluding hydrogens is 739 g/mol. The Morgan fingerprint density at radius 1 is 0.279 bits per heavy atom. The van der Waals surface area contributed by atoms with Crippen LogP contribution >= 0.6 is 0 Å². The molecule has 61 heavy (non-hydrogen) atoms. The Bertz CT molecular complexity index is 3610.